The highest BCUT2D eigenvalue weighted by atomic mass is 32.1. The summed E-state index contributed by atoms with van der Waals surface area (Å²) in [5, 5.41) is 18.5. The van der Waals surface area contributed by atoms with Crippen molar-refractivity contribution in [1.29, 1.82) is 0 Å². The quantitative estimate of drug-likeness (QED) is 0.662. The molecular formula is C18H17N3O2S. The molecule has 0 saturated carbocycles. The minimum Gasteiger partial charge on any atom is -0.411 e. The predicted molar refractivity (Wildman–Crippen MR) is 94.1 cm³/mol. The summed E-state index contributed by atoms with van der Waals surface area (Å²) in [6.07, 6.45) is 11.2. The Labute approximate surface area is 143 Å². The minimum atomic E-state index is -0.0636. The molecule has 0 aromatic carbocycles. The second-order valence-electron chi connectivity index (χ2n) is 5.92. The third-order valence-electron chi connectivity index (χ3n) is 4.53. The van der Waals surface area contributed by atoms with Crippen molar-refractivity contribution in [3.63, 3.8) is 0 Å². The fraction of sp³-hybridized carbons (Fsp3) is 0.222. The van der Waals surface area contributed by atoms with Gasteiger partial charge in [-0.15, -0.1) is 11.3 Å². The highest BCUT2D eigenvalue weighted by molar-refractivity contribution is 7.13. The van der Waals surface area contributed by atoms with Gasteiger partial charge in [-0.1, -0.05) is 23.4 Å². The maximum Gasteiger partial charge on any atom is 0.254 e. The van der Waals surface area contributed by atoms with Crippen molar-refractivity contribution in [2.75, 3.05) is 0 Å². The van der Waals surface area contributed by atoms with Gasteiger partial charge in [0.1, 0.15) is 5.00 Å². The Morgan fingerprint density at radius 2 is 2.21 bits per heavy atom. The lowest BCUT2D eigenvalue weighted by molar-refractivity contribution is 0.0936. The van der Waals surface area contributed by atoms with Crippen molar-refractivity contribution >= 4 is 23.0 Å². The molecule has 2 unspecified atom stereocenters. The van der Waals surface area contributed by atoms with Gasteiger partial charge < -0.3 is 15.1 Å². The van der Waals surface area contributed by atoms with Crippen LogP contribution in [-0.4, -0.2) is 21.4 Å². The highest BCUT2D eigenvalue weighted by Crippen LogP contribution is 2.33. The normalized spacial score (nSPS) is 23.7. The average Bonchev–Trinajstić information content (AvgIpc) is 3.25. The summed E-state index contributed by atoms with van der Waals surface area (Å²) in [5.41, 5.74) is 2.47. The Morgan fingerprint density at radius 3 is 3.08 bits per heavy atom. The van der Waals surface area contributed by atoms with Crippen LogP contribution < -0.4 is 5.32 Å². The molecule has 2 N–H and O–H groups in total. The molecule has 0 spiro atoms. The first kappa shape index (κ1) is 15.0. The van der Waals surface area contributed by atoms with Crippen LogP contribution in [0.3, 0.4) is 0 Å². The zero-order valence-corrected chi connectivity index (χ0v) is 13.7. The molecule has 0 saturated heterocycles. The maximum absolute atomic E-state index is 12.5. The largest absolute Gasteiger partial charge is 0.411 e. The molecule has 0 bridgehead atoms. The van der Waals surface area contributed by atoms with Gasteiger partial charge in [0.2, 0.25) is 0 Å². The second kappa shape index (κ2) is 6.13. The Morgan fingerprint density at radius 1 is 1.29 bits per heavy atom. The molecule has 2 aromatic heterocycles. The SMILES string of the molecule is O=C1NC(CCC2C=CC=C/C2=N\O)c2cccn2-c2sccc21. The summed E-state index contributed by atoms with van der Waals surface area (Å²) in [6.45, 7) is 0. The third kappa shape index (κ3) is 2.49. The number of carbonyl (C=O) groups excluding carboxylic acids is 1. The Bertz CT molecular complexity index is 859. The van der Waals surface area contributed by atoms with Crippen LogP contribution >= 0.6 is 11.3 Å². The molecule has 1 amide bonds. The van der Waals surface area contributed by atoms with Crippen LogP contribution in [0.2, 0.25) is 0 Å². The molecule has 4 rings (SSSR count). The van der Waals surface area contributed by atoms with E-state index in [1.807, 2.05) is 48.0 Å². The standard InChI is InChI=1S/C18H17N3O2S/c22-17-13-9-11-24-18(13)21-10-3-6-16(21)15(19-17)8-7-12-4-1-2-5-14(12)20-23/h1-6,9-12,15,23H,7-8H2,(H,19,22)/b20-14+. The fourth-order valence-corrected chi connectivity index (χ4v) is 4.23. The number of nitrogens with zero attached hydrogens (tertiary/aromatic N) is 2. The number of fused-ring (bicyclic) bond motifs is 3. The van der Waals surface area contributed by atoms with Gasteiger partial charge in [-0.25, -0.2) is 0 Å². The number of rotatable bonds is 3. The summed E-state index contributed by atoms with van der Waals surface area (Å²) in [4.78, 5) is 12.5. The average molecular weight is 339 g/mol. The number of amides is 1. The molecule has 2 aromatic rings. The first-order chi connectivity index (χ1) is 11.8. The number of hydrogen-bond acceptors (Lipinski definition) is 4. The van der Waals surface area contributed by atoms with Crippen LogP contribution in [0.5, 0.6) is 0 Å². The summed E-state index contributed by atoms with van der Waals surface area (Å²) in [7, 11) is 0. The van der Waals surface area contributed by atoms with Crippen LogP contribution in [0.25, 0.3) is 5.00 Å². The maximum atomic E-state index is 12.5. The van der Waals surface area contributed by atoms with E-state index in [1.54, 1.807) is 11.3 Å². The minimum absolute atomic E-state index is 0.0323. The van der Waals surface area contributed by atoms with E-state index in [2.05, 4.69) is 21.1 Å². The lowest BCUT2D eigenvalue weighted by atomic mass is 9.91. The van der Waals surface area contributed by atoms with E-state index in [1.165, 1.54) is 0 Å². The molecule has 3 heterocycles. The van der Waals surface area contributed by atoms with Crippen molar-refractivity contribution in [3.05, 3.63) is 65.3 Å². The molecule has 1 aliphatic carbocycles. The molecule has 2 atom stereocenters. The van der Waals surface area contributed by atoms with Crippen LogP contribution in [0.1, 0.15) is 34.9 Å². The van der Waals surface area contributed by atoms with E-state index in [4.69, 9.17) is 5.21 Å². The van der Waals surface area contributed by atoms with Crippen LogP contribution in [0, 0.1) is 5.92 Å². The summed E-state index contributed by atoms with van der Waals surface area (Å²) >= 11 is 1.57. The van der Waals surface area contributed by atoms with Crippen LogP contribution in [-0.2, 0) is 0 Å². The van der Waals surface area contributed by atoms with Crippen molar-refractivity contribution in [2.45, 2.75) is 18.9 Å². The number of hydrogen-bond donors (Lipinski definition) is 2. The van der Waals surface area contributed by atoms with Crippen molar-refractivity contribution in [1.82, 2.24) is 9.88 Å². The summed E-state index contributed by atoms with van der Waals surface area (Å²) < 4.78 is 2.10. The van der Waals surface area contributed by atoms with E-state index < -0.39 is 0 Å². The van der Waals surface area contributed by atoms with E-state index in [-0.39, 0.29) is 17.9 Å². The van der Waals surface area contributed by atoms with Gasteiger partial charge in [-0.2, -0.15) is 0 Å². The Hall–Kier alpha value is -2.60. The number of nitrogens with one attached hydrogen (secondary N) is 1. The Kier molecular flexibility index (Phi) is 3.82. The fourth-order valence-electron chi connectivity index (χ4n) is 3.33. The first-order valence-electron chi connectivity index (χ1n) is 7.90. The topological polar surface area (TPSA) is 66.6 Å². The molecule has 24 heavy (non-hydrogen) atoms. The zero-order valence-electron chi connectivity index (χ0n) is 12.9. The van der Waals surface area contributed by atoms with Gasteiger partial charge in [-0.05, 0) is 42.5 Å². The smallest absolute Gasteiger partial charge is 0.254 e. The van der Waals surface area contributed by atoms with E-state index in [0.717, 1.165) is 29.1 Å². The van der Waals surface area contributed by atoms with E-state index >= 15 is 0 Å². The van der Waals surface area contributed by atoms with Gasteiger partial charge in [0.05, 0.1) is 17.3 Å². The predicted octanol–water partition coefficient (Wildman–Crippen LogP) is 3.68. The highest BCUT2D eigenvalue weighted by Gasteiger charge is 2.28. The number of carbonyl (C=O) groups is 1. The number of oxime groups is 1. The first-order valence-corrected chi connectivity index (χ1v) is 8.78. The van der Waals surface area contributed by atoms with Crippen LogP contribution in [0.15, 0.2) is 59.2 Å². The number of allylic oxidation sites excluding steroid dienone is 4. The van der Waals surface area contributed by atoms with Crippen molar-refractivity contribution < 1.29 is 10.0 Å². The zero-order chi connectivity index (χ0) is 16.5. The summed E-state index contributed by atoms with van der Waals surface area (Å²) in [6, 6.07) is 5.86. The lowest BCUT2D eigenvalue weighted by Crippen LogP contribution is -2.28. The molecule has 0 radical (unpaired) electrons. The Balaban J connectivity index is 1.59. The van der Waals surface area contributed by atoms with Crippen molar-refractivity contribution in [3.8, 4) is 5.00 Å². The van der Waals surface area contributed by atoms with Gasteiger partial charge >= 0.3 is 0 Å². The summed E-state index contributed by atoms with van der Waals surface area (Å²) in [5.74, 6) is 0.0349. The van der Waals surface area contributed by atoms with Gasteiger partial charge in [-0.3, -0.25) is 4.79 Å². The van der Waals surface area contributed by atoms with Crippen LogP contribution in [0.4, 0.5) is 0 Å². The van der Waals surface area contributed by atoms with Gasteiger partial charge in [0.15, 0.2) is 0 Å². The molecule has 1 aliphatic heterocycles. The number of aromatic nitrogens is 1. The molecule has 6 heteroatoms. The molecule has 122 valence electrons. The van der Waals surface area contributed by atoms with E-state index in [0.29, 0.717) is 5.71 Å². The van der Waals surface area contributed by atoms with Gasteiger partial charge in [0, 0.05) is 17.8 Å². The third-order valence-corrected chi connectivity index (χ3v) is 5.45. The van der Waals surface area contributed by atoms with E-state index in [9.17, 15) is 4.79 Å². The molecule has 2 aliphatic rings. The molecule has 5 nitrogen and oxygen atoms in total. The lowest BCUT2D eigenvalue weighted by Gasteiger charge is -2.20. The molecule has 0 fully saturated rings. The monoisotopic (exact) mass is 339 g/mol. The molecular weight excluding hydrogens is 322 g/mol. The number of thiophene rings is 1. The van der Waals surface area contributed by atoms with Crippen molar-refractivity contribution in [2.24, 2.45) is 11.1 Å². The second-order valence-corrected chi connectivity index (χ2v) is 6.82. The van der Waals surface area contributed by atoms with Gasteiger partial charge in [0.25, 0.3) is 5.91 Å².